The van der Waals surface area contributed by atoms with E-state index < -0.39 is 0 Å². The van der Waals surface area contributed by atoms with Gasteiger partial charge in [-0.15, -0.1) is 0 Å². The van der Waals surface area contributed by atoms with Crippen molar-refractivity contribution in [3.63, 3.8) is 0 Å². The van der Waals surface area contributed by atoms with Gasteiger partial charge < -0.3 is 14.4 Å². The minimum Gasteiger partial charge on any atom is -0.334 e. The van der Waals surface area contributed by atoms with Gasteiger partial charge in [-0.1, -0.05) is 11.6 Å². The van der Waals surface area contributed by atoms with Crippen molar-refractivity contribution in [3.05, 3.63) is 34.5 Å². The quantitative estimate of drug-likeness (QED) is 0.777. The van der Waals surface area contributed by atoms with Crippen molar-refractivity contribution in [1.82, 2.24) is 24.6 Å². The SMILES string of the molecule is CN(C)CCn1c(=O)[nH]c2ccc(-c3nc(C4CCC4)no3)cc21. The molecule has 1 fully saturated rings. The summed E-state index contributed by atoms with van der Waals surface area (Å²) in [5, 5.41) is 4.11. The minimum absolute atomic E-state index is 0.0929. The molecule has 4 rings (SSSR count). The summed E-state index contributed by atoms with van der Waals surface area (Å²) in [5.41, 5.74) is 2.44. The fourth-order valence-electron chi connectivity index (χ4n) is 2.99. The Morgan fingerprint density at radius 3 is 2.92 bits per heavy atom. The highest BCUT2D eigenvalue weighted by Gasteiger charge is 2.25. The predicted molar refractivity (Wildman–Crippen MR) is 91.0 cm³/mol. The molecule has 0 unspecified atom stereocenters. The van der Waals surface area contributed by atoms with Crippen molar-refractivity contribution in [1.29, 1.82) is 0 Å². The summed E-state index contributed by atoms with van der Waals surface area (Å²) < 4.78 is 7.19. The molecule has 126 valence electrons. The Labute approximate surface area is 139 Å². The number of fused-ring (bicyclic) bond motifs is 1. The van der Waals surface area contributed by atoms with E-state index in [9.17, 15) is 4.79 Å². The van der Waals surface area contributed by atoms with Crippen LogP contribution in [0, 0.1) is 0 Å². The van der Waals surface area contributed by atoms with Crippen molar-refractivity contribution in [2.24, 2.45) is 0 Å². The van der Waals surface area contributed by atoms with E-state index >= 15 is 0 Å². The third-order valence-corrected chi connectivity index (χ3v) is 4.71. The number of imidazole rings is 1. The van der Waals surface area contributed by atoms with E-state index in [1.54, 1.807) is 4.57 Å². The maximum atomic E-state index is 12.2. The lowest BCUT2D eigenvalue weighted by molar-refractivity contribution is 0.366. The zero-order chi connectivity index (χ0) is 16.7. The third kappa shape index (κ3) is 2.65. The fourth-order valence-corrected chi connectivity index (χ4v) is 2.99. The summed E-state index contributed by atoms with van der Waals surface area (Å²) in [6, 6.07) is 5.75. The van der Waals surface area contributed by atoms with Crippen LogP contribution < -0.4 is 5.69 Å². The molecule has 1 aliphatic carbocycles. The van der Waals surface area contributed by atoms with Gasteiger partial charge in [0.2, 0.25) is 0 Å². The number of likely N-dealkylation sites (N-methyl/N-ethyl adjacent to an activating group) is 1. The van der Waals surface area contributed by atoms with Crippen LogP contribution in [0.15, 0.2) is 27.5 Å². The number of nitrogens with one attached hydrogen (secondary N) is 1. The second-order valence-corrected chi connectivity index (χ2v) is 6.70. The van der Waals surface area contributed by atoms with Gasteiger partial charge in [-0.25, -0.2) is 4.79 Å². The molecule has 3 aromatic rings. The zero-order valence-corrected chi connectivity index (χ0v) is 14.0. The lowest BCUT2D eigenvalue weighted by Gasteiger charge is -2.20. The summed E-state index contributed by atoms with van der Waals surface area (Å²) >= 11 is 0. The molecule has 0 spiro atoms. The molecule has 7 nitrogen and oxygen atoms in total. The van der Waals surface area contributed by atoms with Crippen molar-refractivity contribution in [3.8, 4) is 11.5 Å². The fraction of sp³-hybridized carbons (Fsp3) is 0.471. The van der Waals surface area contributed by atoms with Gasteiger partial charge >= 0.3 is 5.69 Å². The van der Waals surface area contributed by atoms with Crippen molar-refractivity contribution in [2.45, 2.75) is 31.7 Å². The van der Waals surface area contributed by atoms with E-state index in [2.05, 4.69) is 20.0 Å². The summed E-state index contributed by atoms with van der Waals surface area (Å²) in [6.07, 6.45) is 3.52. The molecule has 1 saturated carbocycles. The molecule has 0 saturated heterocycles. The summed E-state index contributed by atoms with van der Waals surface area (Å²) in [4.78, 5) is 21.7. The average molecular weight is 327 g/mol. The van der Waals surface area contributed by atoms with Gasteiger partial charge in [0.05, 0.1) is 11.0 Å². The van der Waals surface area contributed by atoms with Crippen LogP contribution in [-0.2, 0) is 6.54 Å². The number of hydrogen-bond donors (Lipinski definition) is 1. The van der Waals surface area contributed by atoms with Gasteiger partial charge in [0.1, 0.15) is 0 Å². The highest BCUT2D eigenvalue weighted by atomic mass is 16.5. The molecule has 7 heteroatoms. The molecule has 24 heavy (non-hydrogen) atoms. The number of hydrogen-bond acceptors (Lipinski definition) is 5. The normalized spacial score (nSPS) is 15.3. The van der Waals surface area contributed by atoms with Gasteiger partial charge in [-0.05, 0) is 45.1 Å². The molecule has 0 bridgehead atoms. The van der Waals surface area contributed by atoms with Crippen LogP contribution in [0.3, 0.4) is 0 Å². The first-order valence-corrected chi connectivity index (χ1v) is 8.33. The first kappa shape index (κ1) is 15.1. The maximum Gasteiger partial charge on any atom is 0.326 e. The lowest BCUT2D eigenvalue weighted by atomic mass is 9.85. The highest BCUT2D eigenvalue weighted by molar-refractivity contribution is 5.80. The minimum atomic E-state index is -0.0929. The Hall–Kier alpha value is -2.41. The average Bonchev–Trinajstić information content (AvgIpc) is 3.07. The standard InChI is InChI=1S/C17H21N5O2/c1-21(2)8-9-22-14-10-12(6-7-13(14)18-17(22)23)16-19-15(20-24-16)11-4-3-5-11/h6-7,10-11H,3-5,8-9H2,1-2H3,(H,18,23). The van der Waals surface area contributed by atoms with E-state index in [1.165, 1.54) is 6.42 Å². The van der Waals surface area contributed by atoms with Crippen LogP contribution in [0.4, 0.5) is 0 Å². The van der Waals surface area contributed by atoms with Gasteiger partial charge in [0, 0.05) is 24.6 Å². The van der Waals surface area contributed by atoms with Crippen LogP contribution in [0.2, 0.25) is 0 Å². The van der Waals surface area contributed by atoms with Crippen molar-refractivity contribution >= 4 is 11.0 Å². The van der Waals surface area contributed by atoms with Crippen LogP contribution >= 0.6 is 0 Å². The number of rotatable bonds is 5. The number of nitrogens with zero attached hydrogens (tertiary/aromatic N) is 4. The van der Waals surface area contributed by atoms with Gasteiger partial charge in [0.25, 0.3) is 5.89 Å². The topological polar surface area (TPSA) is 80.0 Å². The second-order valence-electron chi connectivity index (χ2n) is 6.70. The molecule has 2 heterocycles. The van der Waals surface area contributed by atoms with E-state index in [4.69, 9.17) is 4.52 Å². The molecule has 1 aromatic carbocycles. The first-order chi connectivity index (χ1) is 11.6. The van der Waals surface area contributed by atoms with E-state index in [1.807, 2.05) is 32.3 Å². The zero-order valence-electron chi connectivity index (χ0n) is 14.0. The molecule has 0 radical (unpaired) electrons. The van der Waals surface area contributed by atoms with Crippen LogP contribution in [0.5, 0.6) is 0 Å². The van der Waals surface area contributed by atoms with E-state index in [0.29, 0.717) is 18.4 Å². The first-order valence-electron chi connectivity index (χ1n) is 8.33. The molecule has 0 atom stereocenters. The summed E-state index contributed by atoms with van der Waals surface area (Å²) in [7, 11) is 3.98. The summed E-state index contributed by atoms with van der Waals surface area (Å²) in [5.74, 6) is 1.76. The molecule has 1 N–H and O–H groups in total. The smallest absolute Gasteiger partial charge is 0.326 e. The Morgan fingerprint density at radius 2 is 2.21 bits per heavy atom. The molecule has 1 aliphatic rings. The van der Waals surface area contributed by atoms with Crippen molar-refractivity contribution in [2.75, 3.05) is 20.6 Å². The Morgan fingerprint density at radius 1 is 1.38 bits per heavy atom. The molecule has 0 amide bonds. The van der Waals surface area contributed by atoms with E-state index in [-0.39, 0.29) is 5.69 Å². The Kier molecular flexibility index (Phi) is 3.72. The Bertz CT molecular complexity index is 917. The van der Waals surface area contributed by atoms with Gasteiger partial charge in [-0.3, -0.25) is 4.57 Å². The largest absolute Gasteiger partial charge is 0.334 e. The molecular formula is C17H21N5O2. The predicted octanol–water partition coefficient (Wildman–Crippen LogP) is 2.21. The number of aromatic amines is 1. The number of H-pyrrole nitrogens is 1. The maximum absolute atomic E-state index is 12.2. The molecular weight excluding hydrogens is 306 g/mol. The van der Waals surface area contributed by atoms with Crippen LogP contribution in [-0.4, -0.2) is 45.2 Å². The second kappa shape index (κ2) is 5.90. The highest BCUT2D eigenvalue weighted by Crippen LogP contribution is 2.35. The molecule has 2 aromatic heterocycles. The van der Waals surface area contributed by atoms with Crippen molar-refractivity contribution < 1.29 is 4.52 Å². The van der Waals surface area contributed by atoms with Gasteiger partial charge in [0.15, 0.2) is 5.82 Å². The van der Waals surface area contributed by atoms with Crippen LogP contribution in [0.25, 0.3) is 22.5 Å². The Balaban J connectivity index is 1.70. The van der Waals surface area contributed by atoms with Gasteiger partial charge in [-0.2, -0.15) is 4.98 Å². The third-order valence-electron chi connectivity index (χ3n) is 4.71. The lowest BCUT2D eigenvalue weighted by Crippen LogP contribution is -2.24. The van der Waals surface area contributed by atoms with E-state index in [0.717, 1.165) is 41.8 Å². The number of aromatic nitrogens is 4. The monoisotopic (exact) mass is 327 g/mol. The molecule has 0 aliphatic heterocycles. The summed E-state index contributed by atoms with van der Waals surface area (Å²) in [6.45, 7) is 1.43. The van der Waals surface area contributed by atoms with Crippen LogP contribution in [0.1, 0.15) is 31.0 Å². The number of benzene rings is 1.